The van der Waals surface area contributed by atoms with Crippen molar-refractivity contribution in [3.63, 3.8) is 0 Å². The molecule has 1 aromatic carbocycles. The molecule has 2 aromatic rings. The van der Waals surface area contributed by atoms with Crippen molar-refractivity contribution in [1.82, 2.24) is 10.9 Å². The summed E-state index contributed by atoms with van der Waals surface area (Å²) < 4.78 is 20.1. The number of esters is 1. The van der Waals surface area contributed by atoms with Crippen LogP contribution in [0.15, 0.2) is 41.0 Å². The quantitative estimate of drug-likeness (QED) is 0.526. The molecule has 2 N–H and O–H groups in total. The number of hydrogen-bond donors (Lipinski definition) is 2. The van der Waals surface area contributed by atoms with Crippen LogP contribution in [0.1, 0.15) is 22.5 Å². The Bertz CT molecular complexity index is 765. The fourth-order valence-corrected chi connectivity index (χ4v) is 2.11. The number of benzene rings is 1. The Labute approximate surface area is 155 Å². The summed E-state index contributed by atoms with van der Waals surface area (Å²) in [6.07, 6.45) is 1.79. The van der Waals surface area contributed by atoms with Crippen molar-refractivity contribution in [3.8, 4) is 11.5 Å². The highest BCUT2D eigenvalue weighted by Gasteiger charge is 2.12. The first-order valence-electron chi connectivity index (χ1n) is 8.02. The van der Waals surface area contributed by atoms with Gasteiger partial charge in [-0.1, -0.05) is 0 Å². The van der Waals surface area contributed by atoms with Crippen LogP contribution in [-0.2, 0) is 20.7 Å². The van der Waals surface area contributed by atoms with Crippen LogP contribution in [0.25, 0.3) is 0 Å². The smallest absolute Gasteiger partial charge is 0.306 e. The normalized spacial score (nSPS) is 10.0. The average molecular weight is 376 g/mol. The third kappa shape index (κ3) is 6.38. The zero-order chi connectivity index (χ0) is 19.6. The molecule has 9 nitrogen and oxygen atoms in total. The topological polar surface area (TPSA) is 116 Å². The molecule has 0 spiro atoms. The molecular formula is C18H20N2O7. The number of amides is 2. The van der Waals surface area contributed by atoms with Crippen LogP contribution in [0, 0.1) is 0 Å². The molecule has 144 valence electrons. The molecule has 0 bridgehead atoms. The predicted molar refractivity (Wildman–Crippen MR) is 93.1 cm³/mol. The summed E-state index contributed by atoms with van der Waals surface area (Å²) in [6, 6.07) is 8.27. The van der Waals surface area contributed by atoms with Gasteiger partial charge in [0.15, 0.2) is 12.4 Å². The van der Waals surface area contributed by atoms with Gasteiger partial charge in [0.1, 0.15) is 11.5 Å². The van der Waals surface area contributed by atoms with E-state index in [0.29, 0.717) is 17.9 Å². The van der Waals surface area contributed by atoms with Crippen LogP contribution in [0.4, 0.5) is 0 Å². The van der Waals surface area contributed by atoms with Gasteiger partial charge in [-0.3, -0.25) is 25.2 Å². The summed E-state index contributed by atoms with van der Waals surface area (Å²) in [6.45, 7) is -0.515. The standard InChI is InChI=1S/C18H20N2O7/c1-24-13-8-12(9-14(10-13)25-2)5-6-17(22)27-11-16(21)19-20-18(23)15-4-3-7-26-15/h3-4,7-10H,5-6,11H2,1-2H3,(H,19,21)(H,20,23). The predicted octanol–water partition coefficient (Wildman–Crippen LogP) is 1.23. The monoisotopic (exact) mass is 376 g/mol. The lowest BCUT2D eigenvalue weighted by molar-refractivity contribution is -0.148. The molecule has 2 amide bonds. The molecule has 0 saturated heterocycles. The lowest BCUT2D eigenvalue weighted by Crippen LogP contribution is -2.43. The number of carbonyl (C=O) groups is 3. The Morgan fingerprint density at radius 1 is 1.04 bits per heavy atom. The van der Waals surface area contributed by atoms with E-state index < -0.39 is 24.4 Å². The van der Waals surface area contributed by atoms with Crippen LogP contribution in [0.3, 0.4) is 0 Å². The highest BCUT2D eigenvalue weighted by atomic mass is 16.5. The number of hydrazine groups is 1. The summed E-state index contributed by atoms with van der Waals surface area (Å²) in [4.78, 5) is 34.9. The van der Waals surface area contributed by atoms with E-state index in [2.05, 4.69) is 10.9 Å². The molecular weight excluding hydrogens is 356 g/mol. The highest BCUT2D eigenvalue weighted by Crippen LogP contribution is 2.23. The number of hydrogen-bond acceptors (Lipinski definition) is 7. The zero-order valence-electron chi connectivity index (χ0n) is 14.9. The van der Waals surface area contributed by atoms with E-state index >= 15 is 0 Å². The number of methoxy groups -OCH3 is 2. The van der Waals surface area contributed by atoms with Gasteiger partial charge in [0.05, 0.1) is 20.5 Å². The van der Waals surface area contributed by atoms with Crippen molar-refractivity contribution in [2.75, 3.05) is 20.8 Å². The van der Waals surface area contributed by atoms with E-state index in [1.807, 2.05) is 0 Å². The minimum Gasteiger partial charge on any atom is -0.497 e. The maximum Gasteiger partial charge on any atom is 0.306 e. The molecule has 0 aliphatic carbocycles. The summed E-state index contributed by atoms with van der Waals surface area (Å²) in [5.41, 5.74) is 5.09. The largest absolute Gasteiger partial charge is 0.497 e. The number of aryl methyl sites for hydroxylation is 1. The van der Waals surface area contributed by atoms with E-state index in [4.69, 9.17) is 18.6 Å². The van der Waals surface area contributed by atoms with Crippen LogP contribution in [-0.4, -0.2) is 38.6 Å². The number of carbonyl (C=O) groups excluding carboxylic acids is 3. The van der Waals surface area contributed by atoms with E-state index in [0.717, 1.165) is 5.56 Å². The second kappa shape index (κ2) is 9.85. The third-order valence-corrected chi connectivity index (χ3v) is 3.45. The average Bonchev–Trinajstić information content (AvgIpc) is 3.23. The van der Waals surface area contributed by atoms with Crippen molar-refractivity contribution < 1.29 is 33.0 Å². The van der Waals surface area contributed by atoms with E-state index in [9.17, 15) is 14.4 Å². The third-order valence-electron chi connectivity index (χ3n) is 3.45. The van der Waals surface area contributed by atoms with Gasteiger partial charge in [-0.2, -0.15) is 0 Å². The zero-order valence-corrected chi connectivity index (χ0v) is 14.9. The Balaban J connectivity index is 1.71. The summed E-state index contributed by atoms with van der Waals surface area (Å²) >= 11 is 0. The first kappa shape index (κ1) is 19.8. The number of furan rings is 1. The number of nitrogens with one attached hydrogen (secondary N) is 2. The van der Waals surface area contributed by atoms with Crippen molar-refractivity contribution in [3.05, 3.63) is 47.9 Å². The Morgan fingerprint density at radius 3 is 2.33 bits per heavy atom. The minimum atomic E-state index is -0.675. The van der Waals surface area contributed by atoms with E-state index in [-0.39, 0.29) is 12.2 Å². The molecule has 2 rings (SSSR count). The molecule has 0 fully saturated rings. The molecule has 0 aliphatic rings. The second-order valence-electron chi connectivity index (χ2n) is 5.36. The summed E-state index contributed by atoms with van der Waals surface area (Å²) in [7, 11) is 3.08. The first-order valence-corrected chi connectivity index (χ1v) is 8.02. The van der Waals surface area contributed by atoms with E-state index in [1.165, 1.54) is 32.6 Å². The fraction of sp³-hybridized carbons (Fsp3) is 0.278. The fourth-order valence-electron chi connectivity index (χ4n) is 2.11. The molecule has 0 atom stereocenters. The molecule has 1 aromatic heterocycles. The van der Waals surface area contributed by atoms with Gasteiger partial charge in [-0.25, -0.2) is 0 Å². The van der Waals surface area contributed by atoms with Gasteiger partial charge < -0.3 is 18.6 Å². The van der Waals surface area contributed by atoms with Crippen molar-refractivity contribution in [2.45, 2.75) is 12.8 Å². The van der Waals surface area contributed by atoms with Gasteiger partial charge in [0.25, 0.3) is 5.91 Å². The molecule has 0 unspecified atom stereocenters. The van der Waals surface area contributed by atoms with Crippen LogP contribution in [0.2, 0.25) is 0 Å². The summed E-state index contributed by atoms with van der Waals surface area (Å²) in [5, 5.41) is 0. The van der Waals surface area contributed by atoms with Gasteiger partial charge in [-0.05, 0) is 36.2 Å². The molecule has 0 saturated carbocycles. The van der Waals surface area contributed by atoms with Crippen molar-refractivity contribution in [2.24, 2.45) is 0 Å². The van der Waals surface area contributed by atoms with Gasteiger partial charge in [-0.15, -0.1) is 0 Å². The van der Waals surface area contributed by atoms with Gasteiger partial charge >= 0.3 is 11.9 Å². The SMILES string of the molecule is COc1cc(CCC(=O)OCC(=O)NNC(=O)c2ccco2)cc(OC)c1. The number of rotatable bonds is 8. The van der Waals surface area contributed by atoms with Crippen LogP contribution < -0.4 is 20.3 Å². The molecule has 0 aliphatic heterocycles. The summed E-state index contributed by atoms with van der Waals surface area (Å²) in [5.74, 6) is -0.572. The first-order chi connectivity index (χ1) is 13.0. The van der Waals surface area contributed by atoms with Crippen molar-refractivity contribution >= 4 is 17.8 Å². The maximum absolute atomic E-state index is 11.8. The van der Waals surface area contributed by atoms with Crippen molar-refractivity contribution in [1.29, 1.82) is 0 Å². The van der Waals surface area contributed by atoms with E-state index in [1.54, 1.807) is 18.2 Å². The molecule has 27 heavy (non-hydrogen) atoms. The van der Waals surface area contributed by atoms with Gasteiger partial charge in [0.2, 0.25) is 0 Å². The second-order valence-corrected chi connectivity index (χ2v) is 5.36. The molecule has 1 heterocycles. The Morgan fingerprint density at radius 2 is 1.74 bits per heavy atom. The molecule has 0 radical (unpaired) electrons. The lowest BCUT2D eigenvalue weighted by atomic mass is 10.1. The Kier molecular flexibility index (Phi) is 7.24. The van der Waals surface area contributed by atoms with Crippen LogP contribution >= 0.6 is 0 Å². The maximum atomic E-state index is 11.8. The van der Waals surface area contributed by atoms with Gasteiger partial charge in [0, 0.05) is 12.5 Å². The minimum absolute atomic E-state index is 0.0426. The molecule has 9 heteroatoms. The highest BCUT2D eigenvalue weighted by molar-refractivity contribution is 5.93. The Hall–Kier alpha value is -3.49. The number of ether oxygens (including phenoxy) is 3. The van der Waals surface area contributed by atoms with Crippen LogP contribution in [0.5, 0.6) is 11.5 Å². The lowest BCUT2D eigenvalue weighted by Gasteiger charge is -2.09.